The van der Waals surface area contributed by atoms with Gasteiger partial charge in [-0.25, -0.2) is 8.42 Å². The summed E-state index contributed by atoms with van der Waals surface area (Å²) >= 11 is 0. The zero-order valence-corrected chi connectivity index (χ0v) is 10.7. The van der Waals surface area contributed by atoms with E-state index in [4.69, 9.17) is 0 Å². The molecule has 6 heteroatoms. The molecule has 1 atom stereocenters. The summed E-state index contributed by atoms with van der Waals surface area (Å²) in [7, 11) is -3.47. The van der Waals surface area contributed by atoms with Gasteiger partial charge in [0, 0.05) is 28.9 Å². The average Bonchev–Trinajstić information content (AvgIpc) is 2.14. The summed E-state index contributed by atoms with van der Waals surface area (Å²) in [6, 6.07) is 0.332. The molecule has 1 rings (SSSR count). The molecular formula is C9H19NO3S2. The molecule has 0 amide bonds. The zero-order valence-electron chi connectivity index (χ0n) is 9.07. The molecule has 0 aliphatic carbocycles. The smallest absolute Gasteiger partial charge is 0.150 e. The van der Waals surface area contributed by atoms with Crippen molar-refractivity contribution in [1.82, 2.24) is 5.32 Å². The normalized spacial score (nSPS) is 23.8. The molecule has 0 aromatic rings. The van der Waals surface area contributed by atoms with Crippen LogP contribution in [0, 0.1) is 0 Å². The van der Waals surface area contributed by atoms with Gasteiger partial charge in [0.05, 0.1) is 11.5 Å². The third kappa shape index (κ3) is 5.63. The maximum absolute atomic E-state index is 11.1. The lowest BCUT2D eigenvalue weighted by molar-refractivity contribution is 0.464. The van der Waals surface area contributed by atoms with Gasteiger partial charge in [-0.3, -0.25) is 4.21 Å². The highest BCUT2D eigenvalue weighted by molar-refractivity contribution is 7.91. The fourth-order valence-corrected chi connectivity index (χ4v) is 3.72. The Morgan fingerprint density at radius 1 is 1.33 bits per heavy atom. The summed E-state index contributed by atoms with van der Waals surface area (Å²) in [6.45, 7) is 0.838. The van der Waals surface area contributed by atoms with E-state index in [1.807, 2.05) is 0 Å². The second kappa shape index (κ2) is 5.96. The van der Waals surface area contributed by atoms with Gasteiger partial charge in [0.2, 0.25) is 0 Å². The van der Waals surface area contributed by atoms with Crippen LogP contribution in [-0.2, 0) is 20.6 Å². The number of nitrogens with one attached hydrogen (secondary N) is 1. The number of hydrogen-bond acceptors (Lipinski definition) is 4. The zero-order chi connectivity index (χ0) is 11.3. The number of sulfone groups is 1. The Morgan fingerprint density at radius 2 is 1.93 bits per heavy atom. The fraction of sp³-hybridized carbons (Fsp3) is 1.00. The SMILES string of the molecule is CS(=O)CCCNC1CCS(=O)(=O)CC1. The first-order valence-electron chi connectivity index (χ1n) is 5.23. The fourth-order valence-electron chi connectivity index (χ4n) is 1.68. The Bertz CT molecular complexity index is 299. The Balaban J connectivity index is 2.11. The minimum atomic E-state index is -2.75. The topological polar surface area (TPSA) is 63.2 Å². The third-order valence-corrected chi connectivity index (χ3v) is 5.18. The predicted octanol–water partition coefficient (Wildman–Crippen LogP) is -0.0782. The molecule has 0 saturated carbocycles. The molecule has 0 spiro atoms. The van der Waals surface area contributed by atoms with Crippen molar-refractivity contribution < 1.29 is 12.6 Å². The Hall–Kier alpha value is 0.0600. The van der Waals surface area contributed by atoms with E-state index in [1.54, 1.807) is 6.26 Å². The molecule has 0 aromatic carbocycles. The van der Waals surface area contributed by atoms with Crippen molar-refractivity contribution in [3.05, 3.63) is 0 Å². The van der Waals surface area contributed by atoms with E-state index in [0.29, 0.717) is 17.5 Å². The van der Waals surface area contributed by atoms with Crippen LogP contribution in [0.3, 0.4) is 0 Å². The van der Waals surface area contributed by atoms with Crippen LogP contribution < -0.4 is 5.32 Å². The monoisotopic (exact) mass is 253 g/mol. The molecule has 1 aliphatic rings. The number of hydrogen-bond donors (Lipinski definition) is 1. The Morgan fingerprint density at radius 3 is 2.47 bits per heavy atom. The van der Waals surface area contributed by atoms with Gasteiger partial charge in [0.15, 0.2) is 0 Å². The third-order valence-electron chi connectivity index (χ3n) is 2.60. The van der Waals surface area contributed by atoms with Gasteiger partial charge in [-0.1, -0.05) is 0 Å². The minimum Gasteiger partial charge on any atom is -0.314 e. The van der Waals surface area contributed by atoms with Crippen LogP contribution in [0.1, 0.15) is 19.3 Å². The molecule has 0 radical (unpaired) electrons. The van der Waals surface area contributed by atoms with E-state index in [-0.39, 0.29) is 0 Å². The van der Waals surface area contributed by atoms with Crippen LogP contribution >= 0.6 is 0 Å². The van der Waals surface area contributed by atoms with Gasteiger partial charge < -0.3 is 5.32 Å². The van der Waals surface area contributed by atoms with E-state index in [9.17, 15) is 12.6 Å². The van der Waals surface area contributed by atoms with E-state index in [0.717, 1.165) is 31.6 Å². The molecule has 1 aliphatic heterocycles. The quantitative estimate of drug-likeness (QED) is 0.696. The van der Waals surface area contributed by atoms with Crippen molar-refractivity contribution >= 4 is 20.6 Å². The van der Waals surface area contributed by atoms with E-state index in [1.165, 1.54) is 0 Å². The molecule has 1 unspecified atom stereocenters. The van der Waals surface area contributed by atoms with Crippen LogP contribution in [0.15, 0.2) is 0 Å². The second-order valence-corrected chi connectivity index (χ2v) is 7.87. The summed E-state index contributed by atoms with van der Waals surface area (Å²) in [5, 5.41) is 3.32. The first-order valence-corrected chi connectivity index (χ1v) is 8.78. The summed E-state index contributed by atoms with van der Waals surface area (Å²) < 4.78 is 33.1. The van der Waals surface area contributed by atoms with E-state index in [2.05, 4.69) is 5.32 Å². The van der Waals surface area contributed by atoms with Crippen LogP contribution in [0.2, 0.25) is 0 Å². The van der Waals surface area contributed by atoms with E-state index >= 15 is 0 Å². The van der Waals surface area contributed by atoms with Crippen molar-refractivity contribution in [2.75, 3.05) is 30.1 Å². The maximum Gasteiger partial charge on any atom is 0.150 e. The highest BCUT2D eigenvalue weighted by atomic mass is 32.2. The Kier molecular flexibility index (Phi) is 5.22. The molecule has 1 heterocycles. The van der Waals surface area contributed by atoms with Crippen LogP contribution in [0.5, 0.6) is 0 Å². The largest absolute Gasteiger partial charge is 0.314 e. The lowest BCUT2D eigenvalue weighted by Crippen LogP contribution is -2.38. The van der Waals surface area contributed by atoms with Gasteiger partial charge in [0.25, 0.3) is 0 Å². The molecule has 0 bridgehead atoms. The summed E-state index contributed by atoms with van der Waals surface area (Å²) in [4.78, 5) is 0. The second-order valence-electron chi connectivity index (χ2n) is 4.01. The lowest BCUT2D eigenvalue weighted by Gasteiger charge is -2.22. The molecule has 1 N–H and O–H groups in total. The van der Waals surface area contributed by atoms with Crippen molar-refractivity contribution in [2.45, 2.75) is 25.3 Å². The van der Waals surface area contributed by atoms with Crippen LogP contribution in [0.4, 0.5) is 0 Å². The molecule has 1 saturated heterocycles. The van der Waals surface area contributed by atoms with Crippen molar-refractivity contribution in [3.8, 4) is 0 Å². The average molecular weight is 253 g/mol. The number of rotatable bonds is 5. The van der Waals surface area contributed by atoms with Gasteiger partial charge in [-0.15, -0.1) is 0 Å². The summed E-state index contributed by atoms with van der Waals surface area (Å²) in [5.41, 5.74) is 0. The maximum atomic E-state index is 11.1. The summed E-state index contributed by atoms with van der Waals surface area (Å²) in [6.07, 6.45) is 4.04. The van der Waals surface area contributed by atoms with Crippen LogP contribution in [-0.4, -0.2) is 48.7 Å². The molecule has 0 aromatic heterocycles. The standard InChI is InChI=1S/C9H19NO3S2/c1-14(11)6-2-5-10-9-3-7-15(12,13)8-4-9/h9-10H,2-8H2,1H3. The van der Waals surface area contributed by atoms with Gasteiger partial charge >= 0.3 is 0 Å². The van der Waals surface area contributed by atoms with Crippen molar-refractivity contribution in [1.29, 1.82) is 0 Å². The highest BCUT2D eigenvalue weighted by Crippen LogP contribution is 2.11. The first-order chi connectivity index (χ1) is 6.99. The highest BCUT2D eigenvalue weighted by Gasteiger charge is 2.22. The predicted molar refractivity (Wildman–Crippen MR) is 63.2 cm³/mol. The van der Waals surface area contributed by atoms with Gasteiger partial charge in [-0.05, 0) is 25.8 Å². The van der Waals surface area contributed by atoms with Gasteiger partial charge in [0.1, 0.15) is 9.84 Å². The van der Waals surface area contributed by atoms with Gasteiger partial charge in [-0.2, -0.15) is 0 Å². The van der Waals surface area contributed by atoms with Crippen molar-refractivity contribution in [2.24, 2.45) is 0 Å². The van der Waals surface area contributed by atoms with E-state index < -0.39 is 20.6 Å². The molecule has 90 valence electrons. The molecular weight excluding hydrogens is 234 g/mol. The minimum absolute atomic E-state index is 0.310. The molecule has 1 fully saturated rings. The summed E-state index contributed by atoms with van der Waals surface area (Å²) in [5.74, 6) is 1.34. The van der Waals surface area contributed by atoms with Crippen LogP contribution in [0.25, 0.3) is 0 Å². The van der Waals surface area contributed by atoms with Crippen molar-refractivity contribution in [3.63, 3.8) is 0 Å². The first kappa shape index (κ1) is 13.1. The Labute approximate surface area is 94.2 Å². The molecule has 4 nitrogen and oxygen atoms in total. The lowest BCUT2D eigenvalue weighted by atomic mass is 10.1. The molecule has 15 heavy (non-hydrogen) atoms.